The largest absolute Gasteiger partial charge is 0.455 e. The maximum atomic E-state index is 15.2. The van der Waals surface area contributed by atoms with E-state index in [0.717, 1.165) is 68.0 Å². The average molecular weight is 891 g/mol. The van der Waals surface area contributed by atoms with E-state index >= 15 is 8.78 Å². The van der Waals surface area contributed by atoms with E-state index < -0.39 is 28.7 Å². The first-order chi connectivity index (χ1) is 31.0. The molecule has 0 atom stereocenters. The van der Waals surface area contributed by atoms with E-state index in [1.165, 1.54) is 24.3 Å². The van der Waals surface area contributed by atoms with Gasteiger partial charge in [0.2, 0.25) is 0 Å². The molecule has 1 aliphatic rings. The van der Waals surface area contributed by atoms with Crippen molar-refractivity contribution in [1.82, 2.24) is 0 Å². The van der Waals surface area contributed by atoms with Crippen molar-refractivity contribution in [1.29, 1.82) is 0 Å². The van der Waals surface area contributed by atoms with Gasteiger partial charge in [-0.05, 0) is 120 Å². The molecule has 1 heterocycles. The number of anilines is 2. The van der Waals surface area contributed by atoms with Gasteiger partial charge in [0.25, 0.3) is 0 Å². The van der Waals surface area contributed by atoms with Gasteiger partial charge in [0, 0.05) is 87.2 Å². The number of aryl methyl sites for hydroxylation is 2. The summed E-state index contributed by atoms with van der Waals surface area (Å²) in [4.78, 5) is 9.19. The highest BCUT2D eigenvalue weighted by atomic mass is 19.1. The van der Waals surface area contributed by atoms with Gasteiger partial charge >= 0.3 is 0 Å². The van der Waals surface area contributed by atoms with Crippen LogP contribution in [0.4, 0.5) is 40.3 Å². The Bertz CT molecular complexity index is 2780. The van der Waals surface area contributed by atoms with E-state index in [9.17, 15) is 8.78 Å². The molecule has 6 aromatic rings. The molecule has 0 aromatic heterocycles. The summed E-state index contributed by atoms with van der Waals surface area (Å²) in [6, 6.07) is 27.2. The molecule has 340 valence electrons. The van der Waals surface area contributed by atoms with Crippen LogP contribution in [0.3, 0.4) is 0 Å². The average Bonchev–Trinajstić information content (AvgIpc) is 3.24. The minimum atomic E-state index is -0.792. The predicted molar refractivity (Wildman–Crippen MR) is 267 cm³/mol. The van der Waals surface area contributed by atoms with Gasteiger partial charge in [-0.3, -0.25) is 9.98 Å². The van der Waals surface area contributed by atoms with Gasteiger partial charge in [-0.25, -0.2) is 17.6 Å². The maximum absolute atomic E-state index is 15.2. The summed E-state index contributed by atoms with van der Waals surface area (Å²) in [6.45, 7) is 25.5. The van der Waals surface area contributed by atoms with Crippen LogP contribution in [-0.2, 0) is 16.2 Å². The lowest BCUT2D eigenvalue weighted by Gasteiger charge is -2.39. The minimum absolute atomic E-state index is 0.0264. The smallest absolute Gasteiger partial charge is 0.151 e. The van der Waals surface area contributed by atoms with Gasteiger partial charge in [-0.15, -0.1) is 0 Å². The molecule has 6 aromatic carbocycles. The molecule has 0 aliphatic carbocycles. The van der Waals surface area contributed by atoms with Crippen molar-refractivity contribution >= 4 is 46.3 Å². The van der Waals surface area contributed by atoms with Crippen molar-refractivity contribution in [3.63, 3.8) is 0 Å². The molecule has 9 heteroatoms. The normalized spacial score (nSPS) is 14.1. The summed E-state index contributed by atoms with van der Waals surface area (Å²) in [5, 5.41) is 7.00. The van der Waals surface area contributed by atoms with Gasteiger partial charge in [0.05, 0.1) is 11.4 Å². The molecule has 0 saturated carbocycles. The van der Waals surface area contributed by atoms with Crippen LogP contribution in [0.2, 0.25) is 0 Å². The number of fused-ring (bicyclic) bond motifs is 2. The summed E-state index contributed by atoms with van der Waals surface area (Å²) in [6.07, 6.45) is 6.84. The van der Waals surface area contributed by atoms with E-state index in [-0.39, 0.29) is 22.2 Å². The molecule has 0 fully saturated rings. The van der Waals surface area contributed by atoms with Gasteiger partial charge in [-0.2, -0.15) is 0 Å². The lowest BCUT2D eigenvalue weighted by molar-refractivity contribution is 0.412. The third kappa shape index (κ3) is 9.91. The number of nitrogens with one attached hydrogen (secondary N) is 2. The number of allylic oxidation sites excluding steroid dienone is 2. The summed E-state index contributed by atoms with van der Waals surface area (Å²) < 4.78 is 65.9. The van der Waals surface area contributed by atoms with Crippen molar-refractivity contribution in [3.05, 3.63) is 188 Å². The second kappa shape index (κ2) is 18.3. The third-order valence-electron chi connectivity index (χ3n) is 12.6. The third-order valence-corrected chi connectivity index (χ3v) is 12.6. The Morgan fingerprint density at radius 3 is 1.30 bits per heavy atom. The van der Waals surface area contributed by atoms with Crippen molar-refractivity contribution in [3.8, 4) is 11.5 Å². The molecule has 0 unspecified atom stereocenters. The number of nitrogens with zero attached hydrogens (tertiary/aromatic N) is 2. The van der Waals surface area contributed by atoms with Crippen LogP contribution in [0, 0.1) is 51.0 Å². The fraction of sp³-hybridized carbons (Fsp3) is 0.263. The highest BCUT2D eigenvalue weighted by Crippen LogP contribution is 2.54. The van der Waals surface area contributed by atoms with Crippen LogP contribution in [0.15, 0.2) is 119 Å². The molecule has 2 N–H and O–H groups in total. The van der Waals surface area contributed by atoms with Crippen LogP contribution in [-0.4, -0.2) is 12.4 Å². The molecule has 0 spiro atoms. The van der Waals surface area contributed by atoms with E-state index in [1.807, 2.05) is 76.5 Å². The van der Waals surface area contributed by atoms with Crippen LogP contribution in [0.1, 0.15) is 111 Å². The van der Waals surface area contributed by atoms with Gasteiger partial charge in [-0.1, -0.05) is 91.8 Å². The van der Waals surface area contributed by atoms with Crippen LogP contribution in [0.25, 0.3) is 11.1 Å². The second-order valence-electron chi connectivity index (χ2n) is 19.7. The van der Waals surface area contributed by atoms with Crippen LogP contribution < -0.4 is 15.4 Å². The van der Waals surface area contributed by atoms with Crippen molar-refractivity contribution in [2.75, 3.05) is 10.6 Å². The van der Waals surface area contributed by atoms with E-state index in [2.05, 4.69) is 100 Å². The van der Waals surface area contributed by atoms with Crippen molar-refractivity contribution in [2.45, 2.75) is 99.3 Å². The van der Waals surface area contributed by atoms with Gasteiger partial charge < -0.3 is 15.4 Å². The Balaban J connectivity index is 1.51. The molecular formula is C57H58F4N4O. The van der Waals surface area contributed by atoms with Crippen LogP contribution >= 0.6 is 0 Å². The first-order valence-corrected chi connectivity index (χ1v) is 22.1. The van der Waals surface area contributed by atoms with Gasteiger partial charge in [0.1, 0.15) is 23.1 Å². The molecule has 0 bridgehead atoms. The highest BCUT2D eigenvalue weighted by molar-refractivity contribution is 6.14. The van der Waals surface area contributed by atoms with Crippen LogP contribution in [0.5, 0.6) is 11.5 Å². The maximum Gasteiger partial charge on any atom is 0.151 e. The Hall–Kier alpha value is -6.74. The standard InChI is InChI=1S/C57H58F4N4O/c1-33-15-13-17-49(35(33)3)62-29-37(31-64-51-21-19-41(58)27-47(51)60)43-23-39(55(5,6)7)25-45-53(43)66-54-44(24-40(56(8,9)10)26-46(54)57(45,11)12)38(30-63-50-18-14-16-34(2)36(50)4)32-65-52-22-20-42(59)28-48(52)61/h13-32,62-63H,1-12H3/b37-29+,38-30+,64-31?,65-32?. The molecule has 5 nitrogen and oxygen atoms in total. The lowest BCUT2D eigenvalue weighted by atomic mass is 9.70. The minimum Gasteiger partial charge on any atom is -0.455 e. The number of benzene rings is 6. The Morgan fingerprint density at radius 2 is 0.939 bits per heavy atom. The lowest BCUT2D eigenvalue weighted by Crippen LogP contribution is -2.28. The SMILES string of the molecule is Cc1cccc(N/C=C(\C=Nc2ccc(F)cc2F)c2cc(C(C)(C)C)cc3c2Oc2c(/C(C=Nc4ccc(F)cc4F)=C/Nc4cccc(C)c4C)cc(C(C)(C)C)cc2C3(C)C)c1C. The molecule has 66 heavy (non-hydrogen) atoms. The van der Waals surface area contributed by atoms with E-state index in [0.29, 0.717) is 33.8 Å². The Labute approximate surface area is 387 Å². The number of halogens is 4. The highest BCUT2D eigenvalue weighted by Gasteiger charge is 2.40. The zero-order chi connectivity index (χ0) is 47.9. The quantitative estimate of drug-likeness (QED) is 0.106. The number of rotatable bonds is 10. The van der Waals surface area contributed by atoms with Crippen molar-refractivity contribution in [2.24, 2.45) is 9.98 Å². The predicted octanol–water partition coefficient (Wildman–Crippen LogP) is 16.2. The first-order valence-electron chi connectivity index (χ1n) is 22.1. The van der Waals surface area contributed by atoms with E-state index in [1.54, 1.807) is 12.4 Å². The molecule has 0 saturated heterocycles. The first kappa shape index (κ1) is 47.2. The van der Waals surface area contributed by atoms with Crippen molar-refractivity contribution < 1.29 is 22.3 Å². The molecule has 0 amide bonds. The molecule has 1 aliphatic heterocycles. The summed E-state index contributed by atoms with van der Waals surface area (Å²) in [5.41, 5.74) is 11.2. The van der Waals surface area contributed by atoms with Gasteiger partial charge in [0.15, 0.2) is 11.6 Å². The monoisotopic (exact) mass is 890 g/mol. The topological polar surface area (TPSA) is 58.0 Å². The Kier molecular flexibility index (Phi) is 13.1. The second-order valence-corrected chi connectivity index (χ2v) is 19.7. The zero-order valence-electron chi connectivity index (χ0n) is 39.9. The number of hydrogen-bond acceptors (Lipinski definition) is 5. The summed E-state index contributed by atoms with van der Waals surface area (Å²) in [7, 11) is 0. The molecular weight excluding hydrogens is 833 g/mol. The van der Waals surface area contributed by atoms with E-state index in [4.69, 9.17) is 4.74 Å². The fourth-order valence-corrected chi connectivity index (χ4v) is 7.89. The number of ether oxygens (including phenoxy) is 1. The fourth-order valence-electron chi connectivity index (χ4n) is 7.89. The molecule has 0 radical (unpaired) electrons. The summed E-state index contributed by atoms with van der Waals surface area (Å²) in [5.74, 6) is -1.85. The summed E-state index contributed by atoms with van der Waals surface area (Å²) >= 11 is 0. The Morgan fingerprint density at radius 1 is 0.545 bits per heavy atom. The molecule has 7 rings (SSSR count). The zero-order valence-corrected chi connectivity index (χ0v) is 39.9. The number of hydrogen-bond donors (Lipinski definition) is 2. The number of aliphatic imine (C=N–C) groups is 2.